The van der Waals surface area contributed by atoms with Crippen molar-refractivity contribution in [3.63, 3.8) is 0 Å². The van der Waals surface area contributed by atoms with Gasteiger partial charge < -0.3 is 5.11 Å². The van der Waals surface area contributed by atoms with Crippen LogP contribution in [-0.4, -0.2) is 20.5 Å². The first-order chi connectivity index (χ1) is 8.24. The van der Waals surface area contributed by atoms with E-state index in [1.807, 2.05) is 36.5 Å². The number of carboxylic acids is 1. The standard InChI is InChI=1S/C12H8N2O2S.ClH/c15-11(16)10-7-14-6-9(13-12(14)17-10)8-4-2-1-3-5-8;/h1-7H,(H,15,16);1H. The quantitative estimate of drug-likeness (QED) is 0.784. The number of aromatic nitrogens is 2. The number of aromatic carboxylic acids is 1. The first-order valence-corrected chi connectivity index (χ1v) is 5.83. The summed E-state index contributed by atoms with van der Waals surface area (Å²) in [6, 6.07) is 9.80. The zero-order chi connectivity index (χ0) is 11.8. The molecule has 6 heteroatoms. The van der Waals surface area contributed by atoms with E-state index in [0.717, 1.165) is 11.3 Å². The number of fused-ring (bicyclic) bond motifs is 1. The molecule has 18 heavy (non-hydrogen) atoms. The molecular formula is C12H9ClN2O2S. The molecule has 4 nitrogen and oxygen atoms in total. The molecule has 0 atom stereocenters. The Morgan fingerprint density at radius 3 is 2.56 bits per heavy atom. The minimum absolute atomic E-state index is 0. The molecule has 92 valence electrons. The first kappa shape index (κ1) is 12.6. The molecule has 1 aromatic carbocycles. The van der Waals surface area contributed by atoms with Gasteiger partial charge in [0, 0.05) is 18.0 Å². The maximum absolute atomic E-state index is 10.8. The number of benzene rings is 1. The van der Waals surface area contributed by atoms with E-state index in [0.29, 0.717) is 9.84 Å². The molecule has 1 N–H and O–H groups in total. The van der Waals surface area contributed by atoms with Crippen LogP contribution in [-0.2, 0) is 0 Å². The molecule has 0 radical (unpaired) electrons. The van der Waals surface area contributed by atoms with E-state index in [1.54, 1.807) is 10.6 Å². The van der Waals surface area contributed by atoms with Gasteiger partial charge in [-0.2, -0.15) is 0 Å². The van der Waals surface area contributed by atoms with Crippen LogP contribution >= 0.6 is 23.7 Å². The lowest BCUT2D eigenvalue weighted by Gasteiger charge is -1.93. The molecule has 0 spiro atoms. The third kappa shape index (κ3) is 2.10. The van der Waals surface area contributed by atoms with Crippen molar-refractivity contribution >= 4 is 34.7 Å². The van der Waals surface area contributed by atoms with Crippen LogP contribution < -0.4 is 0 Å². The van der Waals surface area contributed by atoms with Crippen LogP contribution in [0.4, 0.5) is 0 Å². The van der Waals surface area contributed by atoms with Gasteiger partial charge in [0.15, 0.2) is 4.96 Å². The SMILES string of the molecule is Cl.O=C(O)c1cn2cc(-c3ccccc3)nc2s1. The molecule has 0 fully saturated rings. The largest absolute Gasteiger partial charge is 0.477 e. The zero-order valence-corrected chi connectivity index (χ0v) is 10.7. The lowest BCUT2D eigenvalue weighted by Crippen LogP contribution is -1.90. The highest BCUT2D eigenvalue weighted by molar-refractivity contribution is 7.18. The number of carboxylic acid groups (broad SMARTS) is 1. The second kappa shape index (κ2) is 4.80. The summed E-state index contributed by atoms with van der Waals surface area (Å²) in [6.45, 7) is 0. The van der Waals surface area contributed by atoms with E-state index in [1.165, 1.54) is 11.3 Å². The highest BCUT2D eigenvalue weighted by Crippen LogP contribution is 2.23. The maximum Gasteiger partial charge on any atom is 0.347 e. The number of rotatable bonds is 2. The summed E-state index contributed by atoms with van der Waals surface area (Å²) in [5.74, 6) is -0.915. The fourth-order valence-corrected chi connectivity index (χ4v) is 2.45. The van der Waals surface area contributed by atoms with Gasteiger partial charge in [0.2, 0.25) is 0 Å². The Balaban J connectivity index is 0.00000120. The third-order valence-corrected chi connectivity index (χ3v) is 3.42. The Morgan fingerprint density at radius 2 is 1.94 bits per heavy atom. The fraction of sp³-hybridized carbons (Fsp3) is 0. The maximum atomic E-state index is 10.8. The summed E-state index contributed by atoms with van der Waals surface area (Å²) >= 11 is 1.17. The highest BCUT2D eigenvalue weighted by atomic mass is 35.5. The lowest BCUT2D eigenvalue weighted by atomic mass is 10.2. The molecule has 2 aromatic heterocycles. The number of halogens is 1. The molecule has 3 rings (SSSR count). The number of thiazole rings is 1. The summed E-state index contributed by atoms with van der Waals surface area (Å²) in [5, 5.41) is 8.86. The Bertz CT molecular complexity index is 659. The number of carbonyl (C=O) groups is 1. The van der Waals surface area contributed by atoms with Crippen LogP contribution in [0.15, 0.2) is 42.7 Å². The van der Waals surface area contributed by atoms with Crippen molar-refractivity contribution in [3.05, 3.63) is 47.6 Å². The van der Waals surface area contributed by atoms with Crippen molar-refractivity contribution < 1.29 is 9.90 Å². The van der Waals surface area contributed by atoms with Gasteiger partial charge in [0.05, 0.1) is 5.69 Å². The number of imidazole rings is 1. The van der Waals surface area contributed by atoms with E-state index in [-0.39, 0.29) is 12.4 Å². The van der Waals surface area contributed by atoms with E-state index in [2.05, 4.69) is 4.98 Å². The molecule has 0 aliphatic heterocycles. The fourth-order valence-electron chi connectivity index (χ4n) is 1.64. The minimum atomic E-state index is -0.915. The van der Waals surface area contributed by atoms with Gasteiger partial charge in [-0.1, -0.05) is 41.7 Å². The van der Waals surface area contributed by atoms with E-state index < -0.39 is 5.97 Å². The van der Waals surface area contributed by atoms with Gasteiger partial charge in [-0.3, -0.25) is 4.40 Å². The van der Waals surface area contributed by atoms with Crippen molar-refractivity contribution in [1.29, 1.82) is 0 Å². The predicted molar refractivity (Wildman–Crippen MR) is 72.7 cm³/mol. The lowest BCUT2D eigenvalue weighted by molar-refractivity contribution is 0.0702. The normalized spacial score (nSPS) is 10.2. The Morgan fingerprint density at radius 1 is 1.22 bits per heavy atom. The molecule has 0 aliphatic carbocycles. The van der Waals surface area contributed by atoms with E-state index in [9.17, 15) is 4.79 Å². The van der Waals surface area contributed by atoms with Gasteiger partial charge in [-0.25, -0.2) is 9.78 Å². The summed E-state index contributed by atoms with van der Waals surface area (Å²) < 4.78 is 1.75. The zero-order valence-electron chi connectivity index (χ0n) is 9.11. The van der Waals surface area contributed by atoms with Crippen molar-refractivity contribution in [3.8, 4) is 11.3 Å². The molecule has 0 unspecified atom stereocenters. The summed E-state index contributed by atoms with van der Waals surface area (Å²) in [5.41, 5.74) is 1.88. The molecule has 0 saturated heterocycles. The Hall–Kier alpha value is -1.85. The van der Waals surface area contributed by atoms with E-state index in [4.69, 9.17) is 5.11 Å². The van der Waals surface area contributed by atoms with Gasteiger partial charge >= 0.3 is 5.97 Å². The molecule has 2 heterocycles. The summed E-state index contributed by atoms with van der Waals surface area (Å²) in [6.07, 6.45) is 3.43. The minimum Gasteiger partial charge on any atom is -0.477 e. The highest BCUT2D eigenvalue weighted by Gasteiger charge is 2.11. The average Bonchev–Trinajstić information content (AvgIpc) is 2.87. The smallest absolute Gasteiger partial charge is 0.347 e. The Kier molecular flexibility index (Phi) is 3.36. The molecular weight excluding hydrogens is 272 g/mol. The van der Waals surface area contributed by atoms with Crippen molar-refractivity contribution in [2.24, 2.45) is 0 Å². The van der Waals surface area contributed by atoms with E-state index >= 15 is 0 Å². The summed E-state index contributed by atoms with van der Waals surface area (Å²) in [4.78, 5) is 16.2. The molecule has 0 amide bonds. The third-order valence-electron chi connectivity index (χ3n) is 2.44. The van der Waals surface area contributed by atoms with Crippen molar-refractivity contribution in [2.45, 2.75) is 0 Å². The topological polar surface area (TPSA) is 54.6 Å². The van der Waals surface area contributed by atoms with Crippen LogP contribution in [0.1, 0.15) is 9.67 Å². The first-order valence-electron chi connectivity index (χ1n) is 5.01. The molecule has 0 saturated carbocycles. The second-order valence-electron chi connectivity index (χ2n) is 3.58. The number of hydrogen-bond donors (Lipinski definition) is 1. The van der Waals surface area contributed by atoms with Gasteiger partial charge in [-0.15, -0.1) is 12.4 Å². The molecule has 3 aromatic rings. The van der Waals surface area contributed by atoms with Crippen LogP contribution in [0.2, 0.25) is 0 Å². The van der Waals surface area contributed by atoms with Crippen LogP contribution in [0.5, 0.6) is 0 Å². The average molecular weight is 281 g/mol. The van der Waals surface area contributed by atoms with Crippen molar-refractivity contribution in [2.75, 3.05) is 0 Å². The van der Waals surface area contributed by atoms with Gasteiger partial charge in [-0.05, 0) is 0 Å². The van der Waals surface area contributed by atoms with Crippen LogP contribution in [0, 0.1) is 0 Å². The Labute approximate surface area is 113 Å². The number of hydrogen-bond acceptors (Lipinski definition) is 3. The monoisotopic (exact) mass is 280 g/mol. The molecule has 0 aliphatic rings. The predicted octanol–water partition coefficient (Wildman–Crippen LogP) is 3.18. The summed E-state index contributed by atoms with van der Waals surface area (Å²) in [7, 11) is 0. The van der Waals surface area contributed by atoms with Crippen molar-refractivity contribution in [1.82, 2.24) is 9.38 Å². The van der Waals surface area contributed by atoms with Crippen LogP contribution in [0.25, 0.3) is 16.2 Å². The molecule has 0 bridgehead atoms. The number of nitrogens with zero attached hydrogens (tertiary/aromatic N) is 2. The van der Waals surface area contributed by atoms with Gasteiger partial charge in [0.25, 0.3) is 0 Å². The second-order valence-corrected chi connectivity index (χ2v) is 4.59. The van der Waals surface area contributed by atoms with Crippen LogP contribution in [0.3, 0.4) is 0 Å². The van der Waals surface area contributed by atoms with Gasteiger partial charge in [0.1, 0.15) is 4.88 Å².